The number of aromatic hydroxyl groups is 1. The Morgan fingerprint density at radius 3 is 2.47 bits per heavy atom. The molecule has 3 heteroatoms. The van der Waals surface area contributed by atoms with Crippen LogP contribution in [0.5, 0.6) is 5.75 Å². The van der Waals surface area contributed by atoms with Gasteiger partial charge in [-0.15, -0.1) is 0 Å². The Kier molecular flexibility index (Phi) is 4.54. The average Bonchev–Trinajstić information content (AvgIpc) is 2.27. The van der Waals surface area contributed by atoms with Crippen molar-refractivity contribution in [1.29, 1.82) is 0 Å². The number of rotatable bonds is 5. The predicted octanol–water partition coefficient (Wildman–Crippen LogP) is 2.19. The van der Waals surface area contributed by atoms with Crippen LogP contribution in [-0.2, 0) is 5.60 Å². The van der Waals surface area contributed by atoms with Crippen LogP contribution in [0.3, 0.4) is 0 Å². The molecular formula is C14H23NO2. The molecule has 0 spiro atoms. The van der Waals surface area contributed by atoms with E-state index in [9.17, 15) is 10.2 Å². The second kappa shape index (κ2) is 5.52. The van der Waals surface area contributed by atoms with Gasteiger partial charge in [-0.1, -0.05) is 26.0 Å². The number of phenols is 1. The molecule has 0 saturated heterocycles. The molecule has 17 heavy (non-hydrogen) atoms. The van der Waals surface area contributed by atoms with Gasteiger partial charge in [-0.3, -0.25) is 0 Å². The van der Waals surface area contributed by atoms with E-state index in [2.05, 4.69) is 4.90 Å². The van der Waals surface area contributed by atoms with Crippen molar-refractivity contribution in [3.63, 3.8) is 0 Å². The molecule has 0 bridgehead atoms. The highest BCUT2D eigenvalue weighted by Gasteiger charge is 2.34. The summed E-state index contributed by atoms with van der Waals surface area (Å²) in [6.07, 6.45) is 0.630. The third kappa shape index (κ3) is 3.20. The van der Waals surface area contributed by atoms with Gasteiger partial charge in [-0.2, -0.15) is 0 Å². The van der Waals surface area contributed by atoms with Crippen LogP contribution in [0.4, 0.5) is 0 Å². The maximum atomic E-state index is 10.8. The predicted molar refractivity (Wildman–Crippen MR) is 70.0 cm³/mol. The van der Waals surface area contributed by atoms with Crippen LogP contribution < -0.4 is 0 Å². The molecule has 2 atom stereocenters. The molecule has 2 N–H and O–H groups in total. The molecule has 96 valence electrons. The van der Waals surface area contributed by atoms with E-state index in [0.717, 1.165) is 12.1 Å². The highest BCUT2D eigenvalue weighted by Crippen LogP contribution is 2.34. The smallest absolute Gasteiger partial charge is 0.115 e. The van der Waals surface area contributed by atoms with Crippen LogP contribution in [0.2, 0.25) is 0 Å². The number of benzene rings is 1. The van der Waals surface area contributed by atoms with E-state index in [1.165, 1.54) is 0 Å². The first-order valence-corrected chi connectivity index (χ1v) is 6.06. The van der Waals surface area contributed by atoms with E-state index in [0.29, 0.717) is 6.42 Å². The summed E-state index contributed by atoms with van der Waals surface area (Å²) in [6.45, 7) is 4.81. The first kappa shape index (κ1) is 14.0. The molecule has 3 nitrogen and oxygen atoms in total. The molecule has 0 aliphatic heterocycles. The molecule has 0 aromatic heterocycles. The van der Waals surface area contributed by atoms with Crippen LogP contribution in [0.15, 0.2) is 24.3 Å². The van der Waals surface area contributed by atoms with Gasteiger partial charge in [0, 0.05) is 12.5 Å². The molecule has 0 saturated carbocycles. The van der Waals surface area contributed by atoms with E-state index in [1.807, 2.05) is 34.0 Å². The third-order valence-electron chi connectivity index (χ3n) is 3.34. The minimum Gasteiger partial charge on any atom is -0.508 e. The lowest BCUT2D eigenvalue weighted by molar-refractivity contribution is -0.0293. The maximum absolute atomic E-state index is 10.8. The van der Waals surface area contributed by atoms with Gasteiger partial charge >= 0.3 is 0 Å². The average molecular weight is 237 g/mol. The molecule has 0 amide bonds. The summed E-state index contributed by atoms with van der Waals surface area (Å²) >= 11 is 0. The van der Waals surface area contributed by atoms with Gasteiger partial charge in [0.15, 0.2) is 0 Å². The van der Waals surface area contributed by atoms with Crippen molar-refractivity contribution in [1.82, 2.24) is 4.90 Å². The molecule has 1 aromatic carbocycles. The minimum absolute atomic E-state index is 0.101. The Bertz CT molecular complexity index is 365. The zero-order chi connectivity index (χ0) is 13.1. The normalized spacial score (nSPS) is 16.8. The van der Waals surface area contributed by atoms with Crippen LogP contribution in [0.1, 0.15) is 25.8 Å². The Morgan fingerprint density at radius 1 is 1.35 bits per heavy atom. The largest absolute Gasteiger partial charge is 0.508 e. The summed E-state index contributed by atoms with van der Waals surface area (Å²) in [5.74, 6) is 0.302. The number of hydrogen-bond donors (Lipinski definition) is 2. The van der Waals surface area contributed by atoms with Gasteiger partial charge in [-0.05, 0) is 38.2 Å². The van der Waals surface area contributed by atoms with Crippen LogP contribution in [-0.4, -0.2) is 35.8 Å². The zero-order valence-electron chi connectivity index (χ0n) is 11.1. The van der Waals surface area contributed by atoms with E-state index >= 15 is 0 Å². The highest BCUT2D eigenvalue weighted by atomic mass is 16.3. The molecular weight excluding hydrogens is 214 g/mol. The van der Waals surface area contributed by atoms with Crippen molar-refractivity contribution in [2.45, 2.75) is 25.9 Å². The molecule has 0 heterocycles. The number of nitrogens with zero attached hydrogens (tertiary/aromatic N) is 1. The molecule has 0 aliphatic rings. The lowest BCUT2D eigenvalue weighted by Crippen LogP contribution is -2.38. The van der Waals surface area contributed by atoms with Gasteiger partial charge in [0.05, 0.1) is 5.60 Å². The first-order valence-electron chi connectivity index (χ1n) is 6.06. The molecule has 0 radical (unpaired) electrons. The van der Waals surface area contributed by atoms with Crippen molar-refractivity contribution in [3.05, 3.63) is 29.8 Å². The lowest BCUT2D eigenvalue weighted by atomic mass is 9.80. The molecule has 0 aliphatic carbocycles. The van der Waals surface area contributed by atoms with Crippen LogP contribution >= 0.6 is 0 Å². The fraction of sp³-hybridized carbons (Fsp3) is 0.571. The summed E-state index contributed by atoms with van der Waals surface area (Å²) < 4.78 is 0. The van der Waals surface area contributed by atoms with E-state index in [-0.39, 0.29) is 11.7 Å². The summed E-state index contributed by atoms with van der Waals surface area (Å²) in [7, 11) is 3.99. The Labute approximate surface area is 104 Å². The number of hydrogen-bond acceptors (Lipinski definition) is 3. The van der Waals surface area contributed by atoms with Crippen LogP contribution in [0, 0.1) is 5.92 Å². The van der Waals surface area contributed by atoms with E-state index < -0.39 is 5.60 Å². The minimum atomic E-state index is -0.886. The van der Waals surface area contributed by atoms with Crippen molar-refractivity contribution in [2.75, 3.05) is 20.6 Å². The van der Waals surface area contributed by atoms with Gasteiger partial charge in [0.1, 0.15) is 5.75 Å². The first-order chi connectivity index (χ1) is 7.90. The topological polar surface area (TPSA) is 43.7 Å². The highest BCUT2D eigenvalue weighted by molar-refractivity contribution is 5.31. The molecule has 1 aromatic rings. The zero-order valence-corrected chi connectivity index (χ0v) is 11.1. The Morgan fingerprint density at radius 2 is 2.00 bits per heavy atom. The summed E-state index contributed by atoms with van der Waals surface area (Å²) in [5.41, 5.74) is -0.0995. The second-order valence-corrected chi connectivity index (χ2v) is 4.99. The standard InChI is InChI=1S/C14H23NO2/c1-5-14(17,11(2)10-15(3)4)12-7-6-8-13(16)9-12/h6-9,11,16-17H,5,10H2,1-4H3/t11?,14-/m0/s1. The van der Waals surface area contributed by atoms with E-state index in [1.54, 1.807) is 18.2 Å². The molecule has 1 rings (SSSR count). The lowest BCUT2D eigenvalue weighted by Gasteiger charge is -2.35. The fourth-order valence-corrected chi connectivity index (χ4v) is 2.31. The van der Waals surface area contributed by atoms with Crippen molar-refractivity contribution < 1.29 is 10.2 Å². The van der Waals surface area contributed by atoms with Gasteiger partial charge < -0.3 is 15.1 Å². The fourth-order valence-electron chi connectivity index (χ4n) is 2.31. The van der Waals surface area contributed by atoms with Gasteiger partial charge in [-0.25, -0.2) is 0 Å². The quantitative estimate of drug-likeness (QED) is 0.825. The van der Waals surface area contributed by atoms with Gasteiger partial charge in [0.25, 0.3) is 0 Å². The molecule has 1 unspecified atom stereocenters. The van der Waals surface area contributed by atoms with Crippen LogP contribution in [0.25, 0.3) is 0 Å². The summed E-state index contributed by atoms with van der Waals surface area (Å²) in [5, 5.41) is 20.3. The van der Waals surface area contributed by atoms with E-state index in [4.69, 9.17) is 0 Å². The SMILES string of the molecule is CC[C@@](O)(c1cccc(O)c1)C(C)CN(C)C. The Hall–Kier alpha value is -1.06. The second-order valence-electron chi connectivity index (χ2n) is 4.99. The van der Waals surface area contributed by atoms with Gasteiger partial charge in [0.2, 0.25) is 0 Å². The van der Waals surface area contributed by atoms with Crippen molar-refractivity contribution >= 4 is 0 Å². The number of aliphatic hydroxyl groups is 1. The monoisotopic (exact) mass is 237 g/mol. The number of phenolic OH excluding ortho intramolecular Hbond substituents is 1. The summed E-state index contributed by atoms with van der Waals surface area (Å²) in [6, 6.07) is 6.91. The Balaban J connectivity index is 3.02. The van der Waals surface area contributed by atoms with Crippen molar-refractivity contribution in [3.8, 4) is 5.75 Å². The summed E-state index contributed by atoms with van der Waals surface area (Å²) in [4.78, 5) is 2.06. The van der Waals surface area contributed by atoms with Crippen molar-refractivity contribution in [2.24, 2.45) is 5.92 Å². The third-order valence-corrected chi connectivity index (χ3v) is 3.34. The maximum Gasteiger partial charge on any atom is 0.115 e. The molecule has 0 fully saturated rings.